The van der Waals surface area contributed by atoms with Crippen molar-refractivity contribution >= 4 is 18.0 Å². The van der Waals surface area contributed by atoms with Crippen LogP contribution in [0.2, 0.25) is 0 Å². The maximum Gasteiger partial charge on any atom is 0.317 e. The number of nitrogens with two attached hydrogens (primary N) is 1. The minimum absolute atomic E-state index is 0. The zero-order chi connectivity index (χ0) is 20.4. The van der Waals surface area contributed by atoms with Crippen LogP contribution >= 0.6 is 0 Å². The van der Waals surface area contributed by atoms with Gasteiger partial charge in [0.05, 0.1) is 12.6 Å². The van der Waals surface area contributed by atoms with Crippen molar-refractivity contribution < 1.29 is 15.8 Å². The maximum atomic E-state index is 12.7. The van der Waals surface area contributed by atoms with Crippen molar-refractivity contribution in [2.75, 3.05) is 20.1 Å². The Kier molecular flexibility index (Phi) is 5.30. The molecular weight excluding hydrogens is 368 g/mol. The zero-order valence-electron chi connectivity index (χ0n) is 16.8. The summed E-state index contributed by atoms with van der Waals surface area (Å²) in [4.78, 5) is 30.7. The Morgan fingerprint density at radius 2 is 2.00 bits per heavy atom. The molecule has 1 saturated heterocycles. The maximum absolute atomic E-state index is 12.7. The highest BCUT2D eigenvalue weighted by molar-refractivity contribution is 6.01. The molecule has 0 bridgehead atoms. The normalized spacial score (nSPS) is 26.4. The van der Waals surface area contributed by atoms with Crippen molar-refractivity contribution in [2.45, 2.75) is 49.7 Å². The van der Waals surface area contributed by atoms with E-state index in [1.54, 1.807) is 7.05 Å². The molecule has 2 fully saturated rings. The molecule has 0 atom stereocenters. The van der Waals surface area contributed by atoms with E-state index < -0.39 is 5.60 Å². The van der Waals surface area contributed by atoms with Gasteiger partial charge in [-0.2, -0.15) is 0 Å². The fraction of sp³-hybridized carbons (Fsp3) is 0.500. The van der Waals surface area contributed by atoms with Gasteiger partial charge in [-0.05, 0) is 24.3 Å². The number of ether oxygens (including phenoxy) is 1. The zero-order valence-corrected chi connectivity index (χ0v) is 16.8. The van der Waals surface area contributed by atoms with E-state index in [2.05, 4.69) is 34.6 Å². The van der Waals surface area contributed by atoms with E-state index in [1.165, 1.54) is 11.8 Å². The molecule has 1 aliphatic carbocycles. The predicted molar refractivity (Wildman–Crippen MR) is 113 cm³/mol. The minimum Gasteiger partial charge on any atom is -0.483 e. The van der Waals surface area contributed by atoms with Gasteiger partial charge in [0.2, 0.25) is 0 Å². The number of ketones is 1. The number of urea groups is 1. The van der Waals surface area contributed by atoms with Gasteiger partial charge in [0.1, 0.15) is 11.3 Å². The van der Waals surface area contributed by atoms with Gasteiger partial charge in [-0.25, -0.2) is 4.79 Å². The summed E-state index contributed by atoms with van der Waals surface area (Å²) in [6.07, 6.45) is 4.93. The summed E-state index contributed by atoms with van der Waals surface area (Å²) in [6.45, 7) is 1.12. The molecule has 4 rings (SSSR count). The van der Waals surface area contributed by atoms with Crippen molar-refractivity contribution in [3.8, 4) is 0 Å². The number of hydrogen-bond acceptors (Lipinski definition) is 5. The Morgan fingerprint density at radius 3 is 2.66 bits per heavy atom. The van der Waals surface area contributed by atoms with Crippen molar-refractivity contribution in [3.63, 3.8) is 0 Å². The highest BCUT2D eigenvalue weighted by Gasteiger charge is 2.44. The average Bonchev–Trinajstić information content (AvgIpc) is 2.69. The van der Waals surface area contributed by atoms with Gasteiger partial charge in [-0.1, -0.05) is 30.3 Å². The molecule has 29 heavy (non-hydrogen) atoms. The summed E-state index contributed by atoms with van der Waals surface area (Å²) in [7, 11) is 1.62. The lowest BCUT2D eigenvalue weighted by Crippen LogP contribution is -2.55. The van der Waals surface area contributed by atoms with Crippen LogP contribution in [0.15, 0.2) is 46.8 Å². The third-order valence-electron chi connectivity index (χ3n) is 6.32. The molecule has 1 spiro atoms. The van der Waals surface area contributed by atoms with Crippen LogP contribution in [0.5, 0.6) is 0 Å². The molecule has 2 amide bonds. The quantitative estimate of drug-likeness (QED) is 0.765. The number of carbonyl (C=O) groups excluding carboxylic acids is 2. The number of benzene rings is 1. The van der Waals surface area contributed by atoms with E-state index >= 15 is 0 Å². The topological polar surface area (TPSA) is 97.0 Å². The fourth-order valence-electron chi connectivity index (χ4n) is 4.46. The number of allylic oxidation sites excluding steroid dienone is 2. The van der Waals surface area contributed by atoms with E-state index in [1.807, 2.05) is 11.0 Å². The number of carbonyl (C=O) groups is 2. The average molecular weight is 399 g/mol. The van der Waals surface area contributed by atoms with Crippen LogP contribution in [0.4, 0.5) is 4.79 Å². The van der Waals surface area contributed by atoms with Crippen LogP contribution in [0.3, 0.4) is 0 Å². The summed E-state index contributed by atoms with van der Waals surface area (Å²) in [5.41, 5.74) is 6.74. The van der Waals surface area contributed by atoms with Crippen molar-refractivity contribution in [3.05, 3.63) is 47.4 Å². The van der Waals surface area contributed by atoms with Crippen molar-refractivity contribution in [2.24, 2.45) is 10.7 Å². The van der Waals surface area contributed by atoms with E-state index in [4.69, 9.17) is 10.5 Å². The van der Waals surface area contributed by atoms with Gasteiger partial charge < -0.3 is 20.7 Å². The van der Waals surface area contributed by atoms with Crippen LogP contribution in [0.25, 0.3) is 0 Å². The fourth-order valence-corrected chi connectivity index (χ4v) is 4.46. The number of Topliss-reactive ketones (excluding diaryl/α,β-unsaturated/α-hetero) is 1. The Bertz CT molecular complexity index is 841. The molecule has 3 N–H and O–H groups in total. The van der Waals surface area contributed by atoms with Crippen LogP contribution in [0.1, 0.15) is 45.0 Å². The third-order valence-corrected chi connectivity index (χ3v) is 6.32. The predicted octanol–water partition coefficient (Wildman–Crippen LogP) is 2.58. The molecule has 1 aromatic carbocycles. The molecule has 1 saturated carbocycles. The lowest BCUT2D eigenvalue weighted by Gasteiger charge is -2.44. The summed E-state index contributed by atoms with van der Waals surface area (Å²) < 4.78 is 6.07. The molecule has 0 aromatic heterocycles. The smallest absolute Gasteiger partial charge is 0.317 e. The van der Waals surface area contributed by atoms with Gasteiger partial charge in [-0.3, -0.25) is 9.79 Å². The molecule has 0 unspecified atom stereocenters. The van der Waals surface area contributed by atoms with Gasteiger partial charge in [0, 0.05) is 40.4 Å². The van der Waals surface area contributed by atoms with Gasteiger partial charge in [0.15, 0.2) is 11.5 Å². The Morgan fingerprint density at radius 1 is 1.31 bits per heavy atom. The molecule has 156 valence electrons. The second-order valence-electron chi connectivity index (χ2n) is 8.26. The Labute approximate surface area is 172 Å². The first-order chi connectivity index (χ1) is 14.0. The highest BCUT2D eigenvalue weighted by Crippen LogP contribution is 2.38. The number of piperidine rings is 1. The molecule has 3 aliphatic rings. The second-order valence-corrected chi connectivity index (χ2v) is 8.26. The number of aliphatic imine (C=N–C) groups is 1. The second kappa shape index (κ2) is 7.89. The Balaban J connectivity index is 0.00000256. The number of likely N-dealkylation sites (tertiary alicyclic amines) is 1. The minimum atomic E-state index is -0.581. The van der Waals surface area contributed by atoms with Crippen LogP contribution in [0, 0.1) is 0 Å². The standard InChI is InChI=1S/C22H28N4O3.H2/c1-24-14-19-20(23)18(27)13-22(29-19)7-9-26(10-8-22)21(28)25-17-11-16(12-17)15-5-3-2-4-6-15;/h2-6,14,16-17H,7-13,23H2,1H3,(H,25,28);1H. The summed E-state index contributed by atoms with van der Waals surface area (Å²) in [5.74, 6) is 0.775. The monoisotopic (exact) mass is 398 g/mol. The molecule has 7 heteroatoms. The molecular formula is C22H30N4O3. The van der Waals surface area contributed by atoms with Crippen molar-refractivity contribution in [1.82, 2.24) is 10.2 Å². The number of hydrogen-bond donors (Lipinski definition) is 2. The van der Waals surface area contributed by atoms with E-state index in [9.17, 15) is 9.59 Å². The van der Waals surface area contributed by atoms with E-state index in [-0.39, 0.29) is 31.4 Å². The Hall–Kier alpha value is -2.83. The van der Waals surface area contributed by atoms with E-state index in [0.717, 1.165) is 12.8 Å². The van der Waals surface area contributed by atoms with Gasteiger partial charge in [-0.15, -0.1) is 0 Å². The van der Waals surface area contributed by atoms with E-state index in [0.29, 0.717) is 37.6 Å². The summed E-state index contributed by atoms with van der Waals surface area (Å²) >= 11 is 0. The summed E-state index contributed by atoms with van der Waals surface area (Å²) in [5, 5.41) is 3.15. The highest BCUT2D eigenvalue weighted by atomic mass is 16.5. The molecule has 7 nitrogen and oxygen atoms in total. The first kappa shape index (κ1) is 19.5. The van der Waals surface area contributed by atoms with Crippen LogP contribution in [-0.2, 0) is 9.53 Å². The number of nitrogens with one attached hydrogen (secondary N) is 1. The van der Waals surface area contributed by atoms with Crippen LogP contribution in [-0.4, -0.2) is 54.7 Å². The molecule has 2 aliphatic heterocycles. The number of nitrogens with zero attached hydrogens (tertiary/aromatic N) is 2. The first-order valence-electron chi connectivity index (χ1n) is 10.2. The number of amides is 2. The van der Waals surface area contributed by atoms with Crippen LogP contribution < -0.4 is 11.1 Å². The van der Waals surface area contributed by atoms with Gasteiger partial charge >= 0.3 is 6.03 Å². The third kappa shape index (κ3) is 3.99. The van der Waals surface area contributed by atoms with Gasteiger partial charge in [0.25, 0.3) is 0 Å². The summed E-state index contributed by atoms with van der Waals surface area (Å²) in [6, 6.07) is 10.6. The first-order valence-corrected chi connectivity index (χ1v) is 10.2. The molecule has 0 radical (unpaired) electrons. The lowest BCUT2D eigenvalue weighted by molar-refractivity contribution is -0.127. The van der Waals surface area contributed by atoms with Crippen molar-refractivity contribution in [1.29, 1.82) is 0 Å². The molecule has 1 aromatic rings. The SMILES string of the molecule is CN=CC1=C(N)C(=O)CC2(CCN(C(=O)NC3CC(c4ccccc4)C3)CC2)O1.[HH]. The lowest BCUT2D eigenvalue weighted by atomic mass is 9.76. The molecule has 2 heterocycles. The largest absolute Gasteiger partial charge is 0.483 e. The number of rotatable bonds is 3.